The molecule has 0 spiro atoms. The van der Waals surface area contributed by atoms with Gasteiger partial charge in [-0.2, -0.15) is 18.3 Å². The molecule has 0 aliphatic carbocycles. The summed E-state index contributed by atoms with van der Waals surface area (Å²) in [5.74, 6) is -3.81. The largest absolute Gasteiger partial charge is 0.490 e. The molecule has 0 atom stereocenters. The van der Waals surface area contributed by atoms with Gasteiger partial charge in [0.2, 0.25) is 0 Å². The van der Waals surface area contributed by atoms with Crippen LogP contribution in [0.25, 0.3) is 22.3 Å². The Bertz CT molecular complexity index is 1560. The van der Waals surface area contributed by atoms with E-state index in [9.17, 15) is 27.9 Å². The van der Waals surface area contributed by atoms with Crippen molar-refractivity contribution in [3.8, 4) is 11.3 Å². The monoisotopic (exact) mass is 609 g/mol. The van der Waals surface area contributed by atoms with Gasteiger partial charge in [0.15, 0.2) is 0 Å². The molecule has 0 unspecified atom stereocenters. The SMILES string of the molecule is CCc1nn(CC)c(C(N)=O)c1Cc1ccc2oc(-c3ccccc3C(=O)O)c(Br)c2c1.O=C(O)C(F)(F)F. The fraction of sp³-hybridized carbons (Fsp3) is 0.231. The third-order valence-electron chi connectivity index (χ3n) is 5.72. The smallest absolute Gasteiger partial charge is 0.478 e. The molecule has 39 heavy (non-hydrogen) atoms. The maximum Gasteiger partial charge on any atom is 0.490 e. The number of primary amides is 1. The van der Waals surface area contributed by atoms with Crippen molar-refractivity contribution in [2.75, 3.05) is 0 Å². The number of fused-ring (bicyclic) bond motifs is 1. The lowest BCUT2D eigenvalue weighted by atomic mass is 10.00. The molecular weight excluding hydrogens is 587 g/mol. The number of hydrogen-bond acceptors (Lipinski definition) is 5. The van der Waals surface area contributed by atoms with Gasteiger partial charge in [0, 0.05) is 29.5 Å². The minimum atomic E-state index is -5.08. The van der Waals surface area contributed by atoms with Crippen LogP contribution in [0, 0.1) is 0 Å². The molecule has 13 heteroatoms. The molecule has 0 bridgehead atoms. The maximum atomic E-state index is 12.1. The third-order valence-corrected chi connectivity index (χ3v) is 6.51. The lowest BCUT2D eigenvalue weighted by molar-refractivity contribution is -0.192. The Kier molecular flexibility index (Phi) is 8.85. The van der Waals surface area contributed by atoms with Crippen molar-refractivity contribution in [2.24, 2.45) is 5.73 Å². The fourth-order valence-electron chi connectivity index (χ4n) is 3.99. The molecule has 4 aromatic rings. The Hall–Kier alpha value is -4.13. The number of carboxylic acids is 2. The first kappa shape index (κ1) is 29.4. The Morgan fingerprint density at radius 3 is 2.28 bits per heavy atom. The van der Waals surface area contributed by atoms with Gasteiger partial charge in [-0.15, -0.1) is 0 Å². The summed E-state index contributed by atoms with van der Waals surface area (Å²) >= 11 is 3.60. The molecule has 0 aliphatic rings. The van der Waals surface area contributed by atoms with Gasteiger partial charge in [0.05, 0.1) is 15.7 Å². The molecule has 0 saturated carbocycles. The number of hydrogen-bond donors (Lipinski definition) is 3. The summed E-state index contributed by atoms with van der Waals surface area (Å²) in [6.07, 6.45) is -3.90. The number of furan rings is 1. The molecule has 0 saturated heterocycles. The van der Waals surface area contributed by atoms with Crippen molar-refractivity contribution in [2.45, 2.75) is 39.4 Å². The first-order valence-electron chi connectivity index (χ1n) is 11.5. The third kappa shape index (κ3) is 6.30. The quantitative estimate of drug-likeness (QED) is 0.245. The number of aliphatic carboxylic acids is 1. The molecule has 4 rings (SSSR count). The second-order valence-corrected chi connectivity index (χ2v) is 9.01. The van der Waals surface area contributed by atoms with Gasteiger partial charge in [0.1, 0.15) is 17.0 Å². The van der Waals surface area contributed by atoms with E-state index in [4.69, 9.17) is 20.1 Å². The molecule has 2 heterocycles. The first-order chi connectivity index (χ1) is 18.3. The zero-order valence-electron chi connectivity index (χ0n) is 20.7. The molecular formula is C26H23BrF3N3O6. The van der Waals surface area contributed by atoms with Crippen LogP contribution in [0.4, 0.5) is 13.2 Å². The number of carbonyl (C=O) groups excluding carboxylic acids is 1. The van der Waals surface area contributed by atoms with Gasteiger partial charge in [-0.1, -0.05) is 31.2 Å². The summed E-state index contributed by atoms with van der Waals surface area (Å²) in [5, 5.41) is 22.0. The number of amides is 1. The van der Waals surface area contributed by atoms with E-state index < -0.39 is 24.0 Å². The van der Waals surface area contributed by atoms with Crippen molar-refractivity contribution >= 4 is 44.7 Å². The van der Waals surface area contributed by atoms with Gasteiger partial charge in [-0.25, -0.2) is 9.59 Å². The minimum Gasteiger partial charge on any atom is -0.478 e. The number of aromatic nitrogens is 2. The number of nitrogens with two attached hydrogens (primary N) is 1. The van der Waals surface area contributed by atoms with Gasteiger partial charge >= 0.3 is 18.1 Å². The van der Waals surface area contributed by atoms with Gasteiger partial charge in [-0.05, 0) is 53.0 Å². The summed E-state index contributed by atoms with van der Waals surface area (Å²) < 4.78 is 40.1. The highest BCUT2D eigenvalue weighted by atomic mass is 79.9. The first-order valence-corrected chi connectivity index (χ1v) is 12.3. The van der Waals surface area contributed by atoms with E-state index in [1.54, 1.807) is 28.9 Å². The molecule has 2 aromatic carbocycles. The molecule has 4 N–H and O–H groups in total. The van der Waals surface area contributed by atoms with Gasteiger partial charge in [-0.3, -0.25) is 9.48 Å². The summed E-state index contributed by atoms with van der Waals surface area (Å²) in [7, 11) is 0. The second-order valence-electron chi connectivity index (χ2n) is 8.21. The van der Waals surface area contributed by atoms with E-state index in [1.165, 1.54) is 0 Å². The van der Waals surface area contributed by atoms with E-state index in [0.717, 1.165) is 22.2 Å². The van der Waals surface area contributed by atoms with Crippen molar-refractivity contribution in [1.29, 1.82) is 0 Å². The number of aromatic carboxylic acids is 1. The number of nitrogens with zero attached hydrogens (tertiary/aromatic N) is 2. The van der Waals surface area contributed by atoms with E-state index in [-0.39, 0.29) is 5.56 Å². The van der Waals surface area contributed by atoms with E-state index in [0.29, 0.717) is 46.5 Å². The van der Waals surface area contributed by atoms with Crippen LogP contribution >= 0.6 is 15.9 Å². The lowest BCUT2D eigenvalue weighted by Crippen LogP contribution is -2.21. The maximum absolute atomic E-state index is 12.1. The number of aryl methyl sites for hydroxylation is 2. The number of halogens is 4. The van der Waals surface area contributed by atoms with Crippen LogP contribution in [0.3, 0.4) is 0 Å². The predicted molar refractivity (Wildman–Crippen MR) is 139 cm³/mol. The number of rotatable bonds is 7. The van der Waals surface area contributed by atoms with Crippen molar-refractivity contribution < 1.29 is 42.2 Å². The van der Waals surface area contributed by atoms with Crippen LogP contribution in [0.15, 0.2) is 51.4 Å². The Morgan fingerprint density at radius 2 is 1.74 bits per heavy atom. The predicted octanol–water partition coefficient (Wildman–Crippen LogP) is 5.66. The average Bonchev–Trinajstić information content (AvgIpc) is 3.40. The summed E-state index contributed by atoms with van der Waals surface area (Å²) in [5.41, 5.74) is 10.0. The normalized spacial score (nSPS) is 11.2. The molecule has 0 aliphatic heterocycles. The van der Waals surface area contributed by atoms with Crippen LogP contribution in [0.1, 0.15) is 51.5 Å². The summed E-state index contributed by atoms with van der Waals surface area (Å²) in [6.45, 7) is 4.48. The van der Waals surface area contributed by atoms with Gasteiger partial charge in [0.25, 0.3) is 5.91 Å². The Labute approximate surface area is 228 Å². The number of benzene rings is 2. The summed E-state index contributed by atoms with van der Waals surface area (Å²) in [6, 6.07) is 12.5. The van der Waals surface area contributed by atoms with E-state index >= 15 is 0 Å². The highest BCUT2D eigenvalue weighted by Crippen LogP contribution is 2.39. The van der Waals surface area contributed by atoms with Crippen LogP contribution in [0.2, 0.25) is 0 Å². The number of carbonyl (C=O) groups is 3. The molecule has 0 radical (unpaired) electrons. The van der Waals surface area contributed by atoms with Crippen molar-refractivity contribution in [1.82, 2.24) is 9.78 Å². The molecule has 0 fully saturated rings. The van der Waals surface area contributed by atoms with Crippen molar-refractivity contribution in [3.05, 3.63) is 75.0 Å². The summed E-state index contributed by atoms with van der Waals surface area (Å²) in [4.78, 5) is 32.7. The molecule has 206 valence electrons. The van der Waals surface area contributed by atoms with E-state index in [2.05, 4.69) is 21.0 Å². The van der Waals surface area contributed by atoms with Crippen LogP contribution in [-0.2, 0) is 24.2 Å². The Morgan fingerprint density at radius 1 is 1.10 bits per heavy atom. The molecule has 1 amide bonds. The van der Waals surface area contributed by atoms with Crippen molar-refractivity contribution in [3.63, 3.8) is 0 Å². The van der Waals surface area contributed by atoms with Gasteiger partial charge < -0.3 is 20.4 Å². The number of alkyl halides is 3. The fourth-order valence-corrected chi connectivity index (χ4v) is 4.60. The lowest BCUT2D eigenvalue weighted by Gasteiger charge is -2.06. The topological polar surface area (TPSA) is 149 Å². The molecule has 2 aromatic heterocycles. The zero-order chi connectivity index (χ0) is 29.1. The Balaban J connectivity index is 0.000000532. The highest BCUT2D eigenvalue weighted by molar-refractivity contribution is 9.10. The average molecular weight is 610 g/mol. The minimum absolute atomic E-state index is 0.165. The number of carboxylic acid groups (broad SMARTS) is 2. The zero-order valence-corrected chi connectivity index (χ0v) is 22.3. The van der Waals surface area contributed by atoms with Crippen LogP contribution in [0.5, 0.6) is 0 Å². The standard InChI is InChI=1S/C24H22BrN3O4.C2HF3O2/c1-3-18-16(21(23(26)29)28(4-2)27-18)11-13-9-10-19-17(12-13)20(25)22(32-19)14-7-5-6-8-15(14)24(30)31;3-2(4,5)1(6)7/h5-10,12H,3-4,11H2,1-2H3,(H2,26,29)(H,30,31);(H,6,7). The van der Waals surface area contributed by atoms with Crippen LogP contribution < -0.4 is 5.73 Å². The van der Waals surface area contributed by atoms with Crippen LogP contribution in [-0.4, -0.2) is 44.0 Å². The van der Waals surface area contributed by atoms with E-state index in [1.807, 2.05) is 32.0 Å². The highest BCUT2D eigenvalue weighted by Gasteiger charge is 2.38. The second kappa shape index (κ2) is 11.7. The molecule has 9 nitrogen and oxygen atoms in total.